The minimum absolute atomic E-state index is 0.120. The van der Waals surface area contributed by atoms with Gasteiger partial charge in [0.05, 0.1) is 0 Å². The van der Waals surface area contributed by atoms with E-state index < -0.39 is 9.28 Å². The van der Waals surface area contributed by atoms with Gasteiger partial charge in [-0.3, -0.25) is 0 Å². The SMILES string of the molecule is CO[SiH](CCC(N)CCN)OC(C)(C)C. The number of rotatable bonds is 7. The molecular weight excluding hydrogens is 208 g/mol. The molecule has 4 N–H and O–H groups in total. The van der Waals surface area contributed by atoms with Crippen LogP contribution in [0.1, 0.15) is 33.6 Å². The zero-order chi connectivity index (χ0) is 11.9. The molecule has 0 aromatic carbocycles. The molecule has 0 heterocycles. The van der Waals surface area contributed by atoms with E-state index in [4.69, 9.17) is 20.3 Å². The maximum atomic E-state index is 5.88. The summed E-state index contributed by atoms with van der Waals surface area (Å²) < 4.78 is 11.2. The van der Waals surface area contributed by atoms with Gasteiger partial charge >= 0.3 is 9.28 Å². The van der Waals surface area contributed by atoms with E-state index in [2.05, 4.69) is 0 Å². The van der Waals surface area contributed by atoms with Crippen molar-refractivity contribution < 1.29 is 8.85 Å². The van der Waals surface area contributed by atoms with Crippen LogP contribution in [-0.2, 0) is 8.85 Å². The average Bonchev–Trinajstić information content (AvgIpc) is 2.11. The van der Waals surface area contributed by atoms with Gasteiger partial charge in [0.25, 0.3) is 0 Å². The summed E-state index contributed by atoms with van der Waals surface area (Å²) in [5, 5.41) is 0. The summed E-state index contributed by atoms with van der Waals surface area (Å²) in [6, 6.07) is 1.14. The van der Waals surface area contributed by atoms with E-state index in [1.807, 2.05) is 20.8 Å². The largest absolute Gasteiger partial charge is 0.400 e. The molecule has 0 aliphatic rings. The lowest BCUT2D eigenvalue weighted by atomic mass is 10.2. The molecule has 92 valence electrons. The van der Waals surface area contributed by atoms with Gasteiger partial charge in [-0.2, -0.15) is 0 Å². The lowest BCUT2D eigenvalue weighted by molar-refractivity contribution is 0.0910. The molecule has 2 unspecified atom stereocenters. The molecule has 0 fully saturated rings. The fourth-order valence-corrected chi connectivity index (χ4v) is 3.27. The van der Waals surface area contributed by atoms with Crippen molar-refractivity contribution in [3.05, 3.63) is 0 Å². The van der Waals surface area contributed by atoms with E-state index in [9.17, 15) is 0 Å². The topological polar surface area (TPSA) is 70.5 Å². The van der Waals surface area contributed by atoms with Crippen molar-refractivity contribution in [2.45, 2.75) is 51.3 Å². The summed E-state index contributed by atoms with van der Waals surface area (Å²) in [6.07, 6.45) is 1.82. The molecule has 0 saturated carbocycles. The Morgan fingerprint density at radius 1 is 1.27 bits per heavy atom. The molecule has 0 aliphatic carbocycles. The van der Waals surface area contributed by atoms with Crippen molar-refractivity contribution in [2.75, 3.05) is 13.7 Å². The number of hydrogen-bond donors (Lipinski definition) is 2. The standard InChI is InChI=1S/C10H26N2O2Si/c1-10(2,3)14-15(13-4)8-6-9(12)5-7-11/h9,15H,5-8,11-12H2,1-4H3. The Labute approximate surface area is 95.2 Å². The van der Waals surface area contributed by atoms with Crippen molar-refractivity contribution in [3.8, 4) is 0 Å². The normalized spacial score (nSPS) is 16.4. The van der Waals surface area contributed by atoms with E-state index >= 15 is 0 Å². The van der Waals surface area contributed by atoms with Crippen LogP contribution >= 0.6 is 0 Å². The van der Waals surface area contributed by atoms with Crippen LogP contribution in [-0.4, -0.2) is 34.6 Å². The van der Waals surface area contributed by atoms with Crippen molar-refractivity contribution in [3.63, 3.8) is 0 Å². The van der Waals surface area contributed by atoms with Crippen molar-refractivity contribution in [1.82, 2.24) is 0 Å². The quantitative estimate of drug-likeness (QED) is 0.637. The lowest BCUT2D eigenvalue weighted by Crippen LogP contribution is -2.34. The van der Waals surface area contributed by atoms with Gasteiger partial charge in [-0.1, -0.05) is 0 Å². The Morgan fingerprint density at radius 3 is 2.27 bits per heavy atom. The van der Waals surface area contributed by atoms with Crippen LogP contribution in [0.3, 0.4) is 0 Å². The molecule has 4 nitrogen and oxygen atoms in total. The third-order valence-electron chi connectivity index (χ3n) is 2.06. The Bertz CT molecular complexity index is 162. The van der Waals surface area contributed by atoms with E-state index in [-0.39, 0.29) is 11.6 Å². The predicted octanol–water partition coefficient (Wildman–Crippen LogP) is 0.735. The fourth-order valence-electron chi connectivity index (χ4n) is 1.33. The van der Waals surface area contributed by atoms with Crippen LogP contribution in [0.2, 0.25) is 6.04 Å². The predicted molar refractivity (Wildman–Crippen MR) is 66.1 cm³/mol. The van der Waals surface area contributed by atoms with Crippen molar-refractivity contribution in [2.24, 2.45) is 11.5 Å². The zero-order valence-corrected chi connectivity index (χ0v) is 11.6. The van der Waals surface area contributed by atoms with E-state index in [1.54, 1.807) is 7.11 Å². The second kappa shape index (κ2) is 7.35. The van der Waals surface area contributed by atoms with E-state index in [0.717, 1.165) is 18.9 Å². The fraction of sp³-hybridized carbons (Fsp3) is 1.00. The summed E-state index contributed by atoms with van der Waals surface area (Å²) in [4.78, 5) is 0. The molecule has 0 aromatic rings. The minimum Gasteiger partial charge on any atom is -0.400 e. The first-order valence-electron chi connectivity index (χ1n) is 5.55. The maximum absolute atomic E-state index is 5.88. The van der Waals surface area contributed by atoms with Crippen LogP contribution in [0.15, 0.2) is 0 Å². The summed E-state index contributed by atoms with van der Waals surface area (Å²) in [6.45, 7) is 6.80. The molecule has 0 rings (SSSR count). The molecular formula is C10H26N2O2Si. The number of nitrogens with two attached hydrogens (primary N) is 2. The Kier molecular flexibility index (Phi) is 7.38. The third-order valence-corrected chi connectivity index (χ3v) is 4.36. The van der Waals surface area contributed by atoms with Gasteiger partial charge < -0.3 is 20.3 Å². The number of hydrogen-bond acceptors (Lipinski definition) is 4. The molecule has 5 heteroatoms. The molecule has 15 heavy (non-hydrogen) atoms. The second-order valence-corrected chi connectivity index (χ2v) is 6.95. The van der Waals surface area contributed by atoms with Crippen LogP contribution in [0, 0.1) is 0 Å². The van der Waals surface area contributed by atoms with Crippen LogP contribution in [0.4, 0.5) is 0 Å². The van der Waals surface area contributed by atoms with Gasteiger partial charge in [-0.25, -0.2) is 0 Å². The smallest absolute Gasteiger partial charge is 0.321 e. The second-order valence-electron chi connectivity index (χ2n) is 4.81. The molecule has 0 aliphatic heterocycles. The molecule has 0 amide bonds. The van der Waals surface area contributed by atoms with Gasteiger partial charge in [0, 0.05) is 18.8 Å². The van der Waals surface area contributed by atoms with Crippen molar-refractivity contribution in [1.29, 1.82) is 0 Å². The van der Waals surface area contributed by atoms with E-state index in [1.165, 1.54) is 0 Å². The molecule has 0 aromatic heterocycles. The molecule has 2 atom stereocenters. The Balaban J connectivity index is 3.80. The van der Waals surface area contributed by atoms with Gasteiger partial charge in [-0.15, -0.1) is 0 Å². The lowest BCUT2D eigenvalue weighted by Gasteiger charge is -2.26. The van der Waals surface area contributed by atoms with Gasteiger partial charge in [0.1, 0.15) is 0 Å². The summed E-state index contributed by atoms with van der Waals surface area (Å²) in [5.41, 5.74) is 11.2. The van der Waals surface area contributed by atoms with E-state index in [0.29, 0.717) is 6.54 Å². The third kappa shape index (κ3) is 9.01. The summed E-state index contributed by atoms with van der Waals surface area (Å²) >= 11 is 0. The van der Waals surface area contributed by atoms with Gasteiger partial charge in [0.2, 0.25) is 0 Å². The molecule has 0 bridgehead atoms. The average molecular weight is 234 g/mol. The zero-order valence-electron chi connectivity index (χ0n) is 10.5. The van der Waals surface area contributed by atoms with Crippen LogP contribution in [0.25, 0.3) is 0 Å². The highest BCUT2D eigenvalue weighted by atomic mass is 28.3. The maximum Gasteiger partial charge on any atom is 0.321 e. The Morgan fingerprint density at radius 2 is 1.87 bits per heavy atom. The molecule has 0 radical (unpaired) electrons. The molecule has 0 spiro atoms. The highest BCUT2D eigenvalue weighted by Gasteiger charge is 2.21. The first-order valence-corrected chi connectivity index (χ1v) is 7.31. The summed E-state index contributed by atoms with van der Waals surface area (Å²) in [5.74, 6) is 0. The van der Waals surface area contributed by atoms with Crippen LogP contribution < -0.4 is 11.5 Å². The van der Waals surface area contributed by atoms with Gasteiger partial charge in [-0.05, 0) is 46.2 Å². The first-order chi connectivity index (χ1) is 6.89. The highest BCUT2D eigenvalue weighted by molar-refractivity contribution is 6.44. The minimum atomic E-state index is -1.54. The first kappa shape index (κ1) is 15.1. The monoisotopic (exact) mass is 234 g/mol. The van der Waals surface area contributed by atoms with Crippen molar-refractivity contribution >= 4 is 9.28 Å². The molecule has 0 saturated heterocycles. The Hall–Kier alpha value is 0.0569. The van der Waals surface area contributed by atoms with Gasteiger partial charge in [0.15, 0.2) is 0 Å². The summed E-state index contributed by atoms with van der Waals surface area (Å²) in [7, 11) is 0.179. The highest BCUT2D eigenvalue weighted by Crippen LogP contribution is 2.13. The van der Waals surface area contributed by atoms with Crippen LogP contribution in [0.5, 0.6) is 0 Å².